The van der Waals surface area contributed by atoms with Gasteiger partial charge in [-0.1, -0.05) is 30.3 Å². The smallest absolute Gasteiger partial charge is 0.265 e. The number of rotatable bonds is 2. The van der Waals surface area contributed by atoms with E-state index in [1.54, 1.807) is 22.7 Å². The molecule has 0 aliphatic rings. The first kappa shape index (κ1) is 14.4. The highest BCUT2D eigenvalue weighted by Gasteiger charge is 2.15. The SMILES string of the molecule is Cc1cccc(NC(=O)c2cc3sc4ccccc4c3s2)c1C. The fourth-order valence-electron chi connectivity index (χ4n) is 2.68. The molecule has 2 aromatic heterocycles. The Morgan fingerprint density at radius 2 is 1.78 bits per heavy atom. The van der Waals surface area contributed by atoms with Gasteiger partial charge in [0.15, 0.2) is 0 Å². The third-order valence-corrected chi connectivity index (χ3v) is 6.54. The van der Waals surface area contributed by atoms with Crippen molar-refractivity contribution in [2.45, 2.75) is 13.8 Å². The van der Waals surface area contributed by atoms with Crippen LogP contribution in [0, 0.1) is 13.8 Å². The summed E-state index contributed by atoms with van der Waals surface area (Å²) < 4.78 is 3.66. The molecule has 2 nitrogen and oxygen atoms in total. The van der Waals surface area contributed by atoms with Gasteiger partial charge in [-0.25, -0.2) is 0 Å². The van der Waals surface area contributed by atoms with Crippen molar-refractivity contribution >= 4 is 53.8 Å². The fraction of sp³-hybridized carbons (Fsp3) is 0.105. The molecule has 1 N–H and O–H groups in total. The van der Waals surface area contributed by atoms with Crippen molar-refractivity contribution in [2.75, 3.05) is 5.32 Å². The molecule has 0 spiro atoms. The lowest BCUT2D eigenvalue weighted by Gasteiger charge is -2.09. The Labute approximate surface area is 142 Å². The molecular formula is C19H15NOS2. The van der Waals surface area contributed by atoms with Gasteiger partial charge in [0.1, 0.15) is 0 Å². The maximum atomic E-state index is 12.6. The van der Waals surface area contributed by atoms with Crippen LogP contribution in [0.15, 0.2) is 48.5 Å². The van der Waals surface area contributed by atoms with Gasteiger partial charge in [-0.2, -0.15) is 0 Å². The molecule has 0 aliphatic heterocycles. The van der Waals surface area contributed by atoms with Gasteiger partial charge >= 0.3 is 0 Å². The van der Waals surface area contributed by atoms with Crippen molar-refractivity contribution in [3.8, 4) is 0 Å². The van der Waals surface area contributed by atoms with Crippen LogP contribution in [0.25, 0.3) is 19.5 Å². The van der Waals surface area contributed by atoms with E-state index < -0.39 is 0 Å². The monoisotopic (exact) mass is 337 g/mol. The van der Waals surface area contributed by atoms with Gasteiger partial charge in [0.25, 0.3) is 5.91 Å². The highest BCUT2D eigenvalue weighted by Crippen LogP contribution is 2.39. The van der Waals surface area contributed by atoms with E-state index >= 15 is 0 Å². The van der Waals surface area contributed by atoms with Crippen molar-refractivity contribution in [3.63, 3.8) is 0 Å². The van der Waals surface area contributed by atoms with E-state index in [1.807, 2.05) is 31.2 Å². The number of hydrogen-bond donors (Lipinski definition) is 1. The van der Waals surface area contributed by atoms with Crippen molar-refractivity contribution < 1.29 is 4.79 Å². The quantitative estimate of drug-likeness (QED) is 0.478. The summed E-state index contributed by atoms with van der Waals surface area (Å²) in [6, 6.07) is 16.3. The lowest BCUT2D eigenvalue weighted by atomic mass is 10.1. The molecule has 2 aromatic carbocycles. The predicted octanol–water partition coefficient (Wildman–Crippen LogP) is 5.99. The minimum Gasteiger partial charge on any atom is -0.321 e. The third kappa shape index (κ3) is 2.44. The average Bonchev–Trinajstić information content (AvgIpc) is 3.09. The number of fused-ring (bicyclic) bond motifs is 3. The van der Waals surface area contributed by atoms with E-state index in [9.17, 15) is 4.79 Å². The number of carbonyl (C=O) groups is 1. The summed E-state index contributed by atoms with van der Waals surface area (Å²) in [5.74, 6) is -0.0313. The number of aryl methyl sites for hydroxylation is 1. The number of benzene rings is 2. The first-order valence-electron chi connectivity index (χ1n) is 7.42. The molecule has 4 aromatic rings. The van der Waals surface area contributed by atoms with Gasteiger partial charge in [-0.05, 0) is 43.2 Å². The number of carbonyl (C=O) groups excluding carboxylic acids is 1. The Morgan fingerprint density at radius 3 is 2.65 bits per heavy atom. The van der Waals surface area contributed by atoms with E-state index in [2.05, 4.69) is 36.5 Å². The van der Waals surface area contributed by atoms with Gasteiger partial charge in [-0.15, -0.1) is 22.7 Å². The summed E-state index contributed by atoms with van der Waals surface area (Å²) >= 11 is 3.31. The number of hydrogen-bond acceptors (Lipinski definition) is 3. The van der Waals surface area contributed by atoms with Crippen LogP contribution in [0.4, 0.5) is 5.69 Å². The van der Waals surface area contributed by atoms with Crippen molar-refractivity contribution in [1.82, 2.24) is 0 Å². The summed E-state index contributed by atoms with van der Waals surface area (Å²) in [5, 5.41) is 4.28. The summed E-state index contributed by atoms with van der Waals surface area (Å²) in [4.78, 5) is 13.3. The zero-order chi connectivity index (χ0) is 16.0. The lowest BCUT2D eigenvalue weighted by molar-refractivity contribution is 0.103. The Balaban J connectivity index is 1.71. The number of nitrogens with one attached hydrogen (secondary N) is 1. The molecule has 0 bridgehead atoms. The summed E-state index contributed by atoms with van der Waals surface area (Å²) in [6.07, 6.45) is 0. The maximum Gasteiger partial charge on any atom is 0.265 e. The van der Waals surface area contributed by atoms with Crippen LogP contribution in [-0.4, -0.2) is 5.91 Å². The van der Waals surface area contributed by atoms with Crippen molar-refractivity contribution in [3.05, 3.63) is 64.5 Å². The van der Waals surface area contributed by atoms with Crippen molar-refractivity contribution in [1.29, 1.82) is 0 Å². The van der Waals surface area contributed by atoms with Crippen LogP contribution in [-0.2, 0) is 0 Å². The minimum atomic E-state index is -0.0313. The molecule has 114 valence electrons. The van der Waals surface area contributed by atoms with Crippen molar-refractivity contribution in [2.24, 2.45) is 0 Å². The summed E-state index contributed by atoms with van der Waals surface area (Å²) in [6.45, 7) is 4.09. The number of thiophene rings is 2. The molecule has 23 heavy (non-hydrogen) atoms. The first-order valence-corrected chi connectivity index (χ1v) is 9.05. The molecule has 0 saturated heterocycles. The Morgan fingerprint density at radius 1 is 0.957 bits per heavy atom. The predicted molar refractivity (Wildman–Crippen MR) is 101 cm³/mol. The number of amides is 1. The Kier molecular flexibility index (Phi) is 3.43. The molecule has 0 aliphatic carbocycles. The van der Waals surface area contributed by atoms with Gasteiger partial charge in [0.2, 0.25) is 0 Å². The van der Waals surface area contributed by atoms with Crippen LogP contribution >= 0.6 is 22.7 Å². The Bertz CT molecular complexity index is 1040. The highest BCUT2D eigenvalue weighted by molar-refractivity contribution is 7.33. The topological polar surface area (TPSA) is 29.1 Å². The third-order valence-electron chi connectivity index (χ3n) is 4.13. The Hall–Kier alpha value is -2.17. The molecule has 1 amide bonds. The molecule has 4 heteroatoms. The summed E-state index contributed by atoms with van der Waals surface area (Å²) in [7, 11) is 0. The zero-order valence-corrected chi connectivity index (χ0v) is 14.5. The maximum absolute atomic E-state index is 12.6. The molecule has 0 saturated carbocycles. The standard InChI is InChI=1S/C19H15NOS2/c1-11-6-5-8-14(12(11)2)20-19(21)17-10-16-18(23-17)13-7-3-4-9-15(13)22-16/h3-10H,1-2H3,(H,20,21). The second-order valence-corrected chi connectivity index (χ2v) is 7.74. The van der Waals surface area contributed by atoms with E-state index in [4.69, 9.17) is 0 Å². The van der Waals surface area contributed by atoms with E-state index in [0.717, 1.165) is 16.1 Å². The van der Waals surface area contributed by atoms with Crippen LogP contribution in [0.2, 0.25) is 0 Å². The second-order valence-electron chi connectivity index (χ2n) is 5.60. The minimum absolute atomic E-state index is 0.0313. The van der Waals surface area contributed by atoms with E-state index in [1.165, 1.54) is 25.0 Å². The van der Waals surface area contributed by atoms with E-state index in [-0.39, 0.29) is 5.91 Å². The first-order chi connectivity index (χ1) is 11.1. The highest BCUT2D eigenvalue weighted by atomic mass is 32.1. The largest absolute Gasteiger partial charge is 0.321 e. The van der Waals surface area contributed by atoms with Gasteiger partial charge < -0.3 is 5.32 Å². The van der Waals surface area contributed by atoms with Crippen LogP contribution in [0.3, 0.4) is 0 Å². The average molecular weight is 337 g/mol. The molecular weight excluding hydrogens is 322 g/mol. The molecule has 4 rings (SSSR count). The van der Waals surface area contributed by atoms with Gasteiger partial charge in [0.05, 0.1) is 9.58 Å². The lowest BCUT2D eigenvalue weighted by Crippen LogP contribution is -2.11. The van der Waals surface area contributed by atoms with Crippen LogP contribution in [0.5, 0.6) is 0 Å². The molecule has 0 atom stereocenters. The zero-order valence-electron chi connectivity index (χ0n) is 12.8. The van der Waals surface area contributed by atoms with Gasteiger partial charge in [0, 0.05) is 20.5 Å². The van der Waals surface area contributed by atoms with Crippen LogP contribution in [0.1, 0.15) is 20.8 Å². The van der Waals surface area contributed by atoms with Gasteiger partial charge in [-0.3, -0.25) is 4.79 Å². The normalized spacial score (nSPS) is 11.2. The molecule has 0 fully saturated rings. The molecule has 0 radical (unpaired) electrons. The molecule has 2 heterocycles. The summed E-state index contributed by atoms with van der Waals surface area (Å²) in [5.41, 5.74) is 3.18. The molecule has 0 unspecified atom stereocenters. The van der Waals surface area contributed by atoms with Crippen LogP contribution < -0.4 is 5.32 Å². The second kappa shape index (κ2) is 5.48. The van der Waals surface area contributed by atoms with E-state index in [0.29, 0.717) is 0 Å². The fourth-order valence-corrected chi connectivity index (χ4v) is 5.10. The number of anilines is 1.